The van der Waals surface area contributed by atoms with E-state index in [2.05, 4.69) is 0 Å². The zero-order valence-electron chi connectivity index (χ0n) is 14.1. The Morgan fingerprint density at radius 1 is 1.04 bits per heavy atom. The second kappa shape index (κ2) is 11.0. The quantitative estimate of drug-likeness (QED) is 0.493. The Hall–Kier alpha value is -1.59. The van der Waals surface area contributed by atoms with E-state index in [0.717, 1.165) is 38.5 Å². The van der Waals surface area contributed by atoms with Crippen LogP contribution in [0, 0.1) is 0 Å². The minimum absolute atomic E-state index is 0.0355. The van der Waals surface area contributed by atoms with Gasteiger partial charge in [-0.3, -0.25) is 9.59 Å². The number of carboxylic acids is 1. The number of aliphatic carboxylic acids is 1. The lowest BCUT2D eigenvalue weighted by molar-refractivity contribution is -0.156. The molecule has 1 aliphatic rings. The minimum atomic E-state index is -0.754. The summed E-state index contributed by atoms with van der Waals surface area (Å²) in [5, 5.41) is 8.55. The van der Waals surface area contributed by atoms with Crippen LogP contribution in [0.15, 0.2) is 0 Å². The van der Waals surface area contributed by atoms with E-state index >= 15 is 0 Å². The Morgan fingerprint density at radius 3 is 2.35 bits per heavy atom. The van der Waals surface area contributed by atoms with Crippen LogP contribution in [0.4, 0.5) is 0 Å². The van der Waals surface area contributed by atoms with Gasteiger partial charge >= 0.3 is 11.9 Å². The Labute approximate surface area is 138 Å². The summed E-state index contributed by atoms with van der Waals surface area (Å²) >= 11 is 0. The lowest BCUT2D eigenvalue weighted by atomic mass is 10.0. The minimum Gasteiger partial charge on any atom is -0.481 e. The maximum absolute atomic E-state index is 12.3. The molecule has 1 saturated heterocycles. The molecule has 1 N–H and O–H groups in total. The highest BCUT2D eigenvalue weighted by atomic mass is 16.5. The molecule has 0 saturated carbocycles. The number of amides is 1. The molecule has 0 aromatic carbocycles. The maximum Gasteiger partial charge on any atom is 0.328 e. The van der Waals surface area contributed by atoms with Gasteiger partial charge in [0, 0.05) is 19.4 Å². The highest BCUT2D eigenvalue weighted by Crippen LogP contribution is 2.20. The van der Waals surface area contributed by atoms with Crippen molar-refractivity contribution in [2.45, 2.75) is 77.2 Å². The van der Waals surface area contributed by atoms with Crippen molar-refractivity contribution < 1.29 is 24.2 Å². The molecule has 23 heavy (non-hydrogen) atoms. The third kappa shape index (κ3) is 7.48. The largest absolute Gasteiger partial charge is 0.481 e. The Balaban J connectivity index is 2.26. The van der Waals surface area contributed by atoms with E-state index < -0.39 is 12.0 Å². The molecule has 0 spiro atoms. The smallest absolute Gasteiger partial charge is 0.328 e. The van der Waals surface area contributed by atoms with Crippen LogP contribution in [0.3, 0.4) is 0 Å². The molecule has 0 aliphatic carbocycles. The van der Waals surface area contributed by atoms with Crippen LogP contribution >= 0.6 is 0 Å². The number of hydrogen-bond donors (Lipinski definition) is 1. The Kier molecular flexibility index (Phi) is 9.33. The van der Waals surface area contributed by atoms with E-state index in [0.29, 0.717) is 32.4 Å². The molecule has 0 bridgehead atoms. The molecule has 1 fully saturated rings. The average Bonchev–Trinajstić information content (AvgIpc) is 2.53. The fourth-order valence-corrected chi connectivity index (χ4v) is 2.94. The summed E-state index contributed by atoms with van der Waals surface area (Å²) in [6, 6.07) is -0.410. The van der Waals surface area contributed by atoms with Crippen LogP contribution in [-0.2, 0) is 19.1 Å². The molecule has 1 heterocycles. The van der Waals surface area contributed by atoms with E-state index in [9.17, 15) is 14.4 Å². The van der Waals surface area contributed by atoms with E-state index in [1.807, 2.05) is 0 Å². The number of carbonyl (C=O) groups is 3. The fraction of sp³-hybridized carbons (Fsp3) is 0.824. The summed E-state index contributed by atoms with van der Waals surface area (Å²) in [6.45, 7) is 2.76. The summed E-state index contributed by atoms with van der Waals surface area (Å²) in [5.74, 6) is -1.00. The molecule has 6 nitrogen and oxygen atoms in total. The molecule has 132 valence electrons. The second-order valence-corrected chi connectivity index (χ2v) is 6.01. The second-order valence-electron chi connectivity index (χ2n) is 6.01. The zero-order valence-corrected chi connectivity index (χ0v) is 14.1. The highest BCUT2D eigenvalue weighted by molar-refractivity contribution is 5.84. The van der Waals surface area contributed by atoms with Gasteiger partial charge in [-0.25, -0.2) is 4.79 Å². The van der Waals surface area contributed by atoms with E-state index in [-0.39, 0.29) is 18.3 Å². The van der Waals surface area contributed by atoms with Crippen LogP contribution < -0.4 is 0 Å². The van der Waals surface area contributed by atoms with Gasteiger partial charge in [0.15, 0.2) is 0 Å². The first-order chi connectivity index (χ1) is 11.1. The first-order valence-corrected chi connectivity index (χ1v) is 8.74. The number of piperidine rings is 1. The molecule has 1 rings (SSSR count). The number of nitrogens with zero attached hydrogens (tertiary/aromatic N) is 1. The number of rotatable bonds is 10. The number of unbranched alkanes of at least 4 members (excludes halogenated alkanes) is 4. The van der Waals surface area contributed by atoms with Gasteiger partial charge in [0.25, 0.3) is 0 Å². The predicted octanol–water partition coefficient (Wildman–Crippen LogP) is 2.75. The lowest BCUT2D eigenvalue weighted by Gasteiger charge is -2.34. The summed E-state index contributed by atoms with van der Waals surface area (Å²) in [5.41, 5.74) is 0. The first kappa shape index (κ1) is 19.5. The van der Waals surface area contributed by atoms with Crippen molar-refractivity contribution in [2.75, 3.05) is 13.2 Å². The van der Waals surface area contributed by atoms with Crippen molar-refractivity contribution >= 4 is 17.8 Å². The molecular weight excluding hydrogens is 298 g/mol. The number of likely N-dealkylation sites (tertiary alicyclic amines) is 1. The van der Waals surface area contributed by atoms with E-state index in [1.165, 1.54) is 0 Å². The van der Waals surface area contributed by atoms with Crippen molar-refractivity contribution in [3.63, 3.8) is 0 Å². The van der Waals surface area contributed by atoms with Gasteiger partial charge in [-0.1, -0.05) is 19.3 Å². The number of ether oxygens (including phenoxy) is 1. The van der Waals surface area contributed by atoms with Crippen LogP contribution in [0.1, 0.15) is 71.1 Å². The van der Waals surface area contributed by atoms with Crippen molar-refractivity contribution in [2.24, 2.45) is 0 Å². The number of hydrogen-bond acceptors (Lipinski definition) is 4. The first-order valence-electron chi connectivity index (χ1n) is 8.74. The van der Waals surface area contributed by atoms with Crippen molar-refractivity contribution in [3.8, 4) is 0 Å². The monoisotopic (exact) mass is 327 g/mol. The maximum atomic E-state index is 12.3. The third-order valence-electron chi connectivity index (χ3n) is 4.16. The van der Waals surface area contributed by atoms with Gasteiger partial charge in [0.2, 0.25) is 5.91 Å². The Morgan fingerprint density at radius 2 is 1.70 bits per heavy atom. The zero-order chi connectivity index (χ0) is 17.1. The Bertz CT molecular complexity index is 396. The average molecular weight is 327 g/mol. The highest BCUT2D eigenvalue weighted by Gasteiger charge is 2.32. The summed E-state index contributed by atoms with van der Waals surface area (Å²) in [6.07, 6.45) is 7.50. The van der Waals surface area contributed by atoms with Crippen molar-refractivity contribution in [3.05, 3.63) is 0 Å². The molecule has 0 unspecified atom stereocenters. The summed E-state index contributed by atoms with van der Waals surface area (Å²) < 4.78 is 5.07. The molecule has 0 aromatic heterocycles. The number of esters is 1. The molecule has 0 aromatic rings. The van der Waals surface area contributed by atoms with Crippen LogP contribution in [0.25, 0.3) is 0 Å². The molecule has 6 heteroatoms. The standard InChI is InChI=1S/C17H29NO5/c1-2-23-17(22)14-10-8-9-13-18(14)15(19)11-6-4-3-5-7-12-16(20)21/h14H,2-13H2,1H3,(H,20,21)/t14-/m0/s1. The topological polar surface area (TPSA) is 83.9 Å². The number of carbonyl (C=O) groups excluding carboxylic acids is 2. The molecule has 1 atom stereocenters. The van der Waals surface area contributed by atoms with E-state index in [4.69, 9.17) is 9.84 Å². The SMILES string of the molecule is CCOC(=O)[C@@H]1CCCCN1C(=O)CCCCCCCC(=O)O. The van der Waals surface area contributed by atoms with Gasteiger partial charge in [-0.15, -0.1) is 0 Å². The fourth-order valence-electron chi connectivity index (χ4n) is 2.94. The molecular formula is C17H29NO5. The van der Waals surface area contributed by atoms with E-state index in [1.54, 1.807) is 11.8 Å². The molecule has 1 aliphatic heterocycles. The predicted molar refractivity (Wildman–Crippen MR) is 85.9 cm³/mol. The van der Waals surface area contributed by atoms with Crippen molar-refractivity contribution in [1.82, 2.24) is 4.90 Å². The van der Waals surface area contributed by atoms with Gasteiger partial charge in [-0.05, 0) is 39.0 Å². The van der Waals surface area contributed by atoms with Crippen LogP contribution in [-0.4, -0.2) is 47.0 Å². The van der Waals surface area contributed by atoms with Gasteiger partial charge in [-0.2, -0.15) is 0 Å². The van der Waals surface area contributed by atoms with Crippen LogP contribution in [0.5, 0.6) is 0 Å². The summed E-state index contributed by atoms with van der Waals surface area (Å²) in [7, 11) is 0. The van der Waals surface area contributed by atoms with Gasteiger partial charge in [0.1, 0.15) is 6.04 Å². The molecule has 0 radical (unpaired) electrons. The van der Waals surface area contributed by atoms with Gasteiger partial charge < -0.3 is 14.7 Å². The third-order valence-corrected chi connectivity index (χ3v) is 4.16. The van der Waals surface area contributed by atoms with Crippen LogP contribution in [0.2, 0.25) is 0 Å². The van der Waals surface area contributed by atoms with Crippen molar-refractivity contribution in [1.29, 1.82) is 0 Å². The van der Waals surface area contributed by atoms with Gasteiger partial charge in [0.05, 0.1) is 6.61 Å². The normalized spacial score (nSPS) is 17.8. The number of carboxylic acid groups (broad SMARTS) is 1. The molecule has 1 amide bonds. The summed E-state index contributed by atoms with van der Waals surface area (Å²) in [4.78, 5) is 36.4. The lowest BCUT2D eigenvalue weighted by Crippen LogP contribution is -2.48.